The van der Waals surface area contributed by atoms with Crippen LogP contribution in [0.5, 0.6) is 0 Å². The molecule has 0 bridgehead atoms. The summed E-state index contributed by atoms with van der Waals surface area (Å²) in [7, 11) is 0. The number of carbonyl (C=O) groups excluding carboxylic acids is 1. The molecule has 0 saturated carbocycles. The zero-order valence-electron chi connectivity index (χ0n) is 11.3. The highest BCUT2D eigenvalue weighted by molar-refractivity contribution is 5.72. The molecule has 2 unspecified atom stereocenters. The maximum absolute atomic E-state index is 12.9. The minimum atomic E-state index is -4.29. The second-order valence-electron chi connectivity index (χ2n) is 5.26. The highest BCUT2D eigenvalue weighted by Crippen LogP contribution is 2.30. The molecule has 1 aliphatic rings. The molecule has 1 aliphatic heterocycles. The van der Waals surface area contributed by atoms with Gasteiger partial charge in [-0.05, 0) is 38.8 Å². The number of nitrogens with two attached hydrogens (primary N) is 1. The Morgan fingerprint density at radius 2 is 1.95 bits per heavy atom. The van der Waals surface area contributed by atoms with Gasteiger partial charge >= 0.3 is 6.18 Å². The first-order chi connectivity index (χ1) is 8.71. The van der Waals surface area contributed by atoms with Crippen molar-refractivity contribution in [2.75, 3.05) is 19.6 Å². The Balaban J connectivity index is 2.49. The average Bonchev–Trinajstić information content (AvgIpc) is 2.25. The largest absolute Gasteiger partial charge is 0.405 e. The lowest BCUT2D eigenvalue weighted by Gasteiger charge is -2.40. The zero-order valence-corrected chi connectivity index (χ0v) is 11.3. The second-order valence-corrected chi connectivity index (χ2v) is 5.26. The molecule has 1 heterocycles. The normalized spacial score (nSPS) is 22.0. The fraction of sp³-hybridized carbons (Fsp3) is 0.917. The Bertz CT molecular complexity index is 299. The van der Waals surface area contributed by atoms with Gasteiger partial charge in [0.1, 0.15) is 6.04 Å². The summed E-state index contributed by atoms with van der Waals surface area (Å²) in [6.07, 6.45) is -2.99. The van der Waals surface area contributed by atoms with Crippen LogP contribution in [0.1, 0.15) is 26.7 Å². The second kappa shape index (κ2) is 6.56. The number of nitrogens with one attached hydrogen (secondary N) is 1. The van der Waals surface area contributed by atoms with Crippen molar-refractivity contribution < 1.29 is 18.0 Å². The molecule has 1 saturated heterocycles. The van der Waals surface area contributed by atoms with Gasteiger partial charge in [-0.1, -0.05) is 0 Å². The molecular formula is C12H22F3N3O. The molecule has 0 aromatic carbocycles. The van der Waals surface area contributed by atoms with Crippen LogP contribution in [0.25, 0.3) is 0 Å². The van der Waals surface area contributed by atoms with Crippen LogP contribution in [-0.2, 0) is 4.79 Å². The average molecular weight is 281 g/mol. The summed E-state index contributed by atoms with van der Waals surface area (Å²) in [6, 6.07) is -2.51. The van der Waals surface area contributed by atoms with E-state index in [2.05, 4.69) is 5.32 Å². The Morgan fingerprint density at radius 1 is 1.42 bits per heavy atom. The van der Waals surface area contributed by atoms with Crippen molar-refractivity contribution >= 4 is 5.91 Å². The van der Waals surface area contributed by atoms with E-state index >= 15 is 0 Å². The molecule has 112 valence electrons. The van der Waals surface area contributed by atoms with E-state index in [1.54, 1.807) is 0 Å². The van der Waals surface area contributed by atoms with Crippen LogP contribution in [0.2, 0.25) is 0 Å². The number of carbonyl (C=O) groups is 1. The number of likely N-dealkylation sites (tertiary alicyclic amines) is 1. The molecule has 2 atom stereocenters. The Labute approximate surface area is 111 Å². The van der Waals surface area contributed by atoms with Crippen molar-refractivity contribution in [3.8, 4) is 0 Å². The predicted octanol–water partition coefficient (Wildman–Crippen LogP) is 1.11. The molecule has 4 nitrogen and oxygen atoms in total. The van der Waals surface area contributed by atoms with Crippen molar-refractivity contribution in [2.24, 2.45) is 11.7 Å². The van der Waals surface area contributed by atoms with Gasteiger partial charge in [-0.3, -0.25) is 9.69 Å². The first-order valence-corrected chi connectivity index (χ1v) is 6.52. The monoisotopic (exact) mass is 281 g/mol. The molecule has 3 N–H and O–H groups in total. The number of alkyl halides is 3. The molecule has 1 rings (SSSR count). The standard InChI is InChI=1S/C12H22F3N3O/c1-8(16)11(12(13,14)15)18-5-3-10(4-6-18)7-17-9(2)19/h8,10-11H,3-7,16H2,1-2H3,(H,17,19). The topological polar surface area (TPSA) is 58.4 Å². The van der Waals surface area contributed by atoms with Crippen molar-refractivity contribution in [1.82, 2.24) is 10.2 Å². The van der Waals surface area contributed by atoms with E-state index in [9.17, 15) is 18.0 Å². The number of halogens is 3. The van der Waals surface area contributed by atoms with Gasteiger partial charge in [-0.25, -0.2) is 0 Å². The summed E-state index contributed by atoms with van der Waals surface area (Å²) in [4.78, 5) is 12.2. The summed E-state index contributed by atoms with van der Waals surface area (Å²) in [5.74, 6) is 0.147. The summed E-state index contributed by atoms with van der Waals surface area (Å²) in [5, 5.41) is 2.71. The molecule has 0 aliphatic carbocycles. The van der Waals surface area contributed by atoms with Gasteiger partial charge < -0.3 is 11.1 Å². The van der Waals surface area contributed by atoms with E-state index in [1.165, 1.54) is 18.7 Å². The minimum absolute atomic E-state index is 0.105. The van der Waals surface area contributed by atoms with Crippen LogP contribution in [-0.4, -0.2) is 48.7 Å². The van der Waals surface area contributed by atoms with Crippen LogP contribution in [0.4, 0.5) is 13.2 Å². The number of hydrogen-bond acceptors (Lipinski definition) is 3. The van der Waals surface area contributed by atoms with E-state index < -0.39 is 18.3 Å². The molecule has 0 spiro atoms. The van der Waals surface area contributed by atoms with Crippen LogP contribution >= 0.6 is 0 Å². The van der Waals surface area contributed by atoms with Crippen LogP contribution < -0.4 is 11.1 Å². The van der Waals surface area contributed by atoms with Crippen LogP contribution in [0, 0.1) is 5.92 Å². The van der Waals surface area contributed by atoms with E-state index in [1.807, 2.05) is 0 Å². The molecule has 0 aromatic rings. The number of rotatable bonds is 4. The van der Waals surface area contributed by atoms with E-state index in [4.69, 9.17) is 5.73 Å². The third-order valence-corrected chi connectivity index (χ3v) is 3.52. The Kier molecular flexibility index (Phi) is 5.61. The zero-order chi connectivity index (χ0) is 14.6. The lowest BCUT2D eigenvalue weighted by Crippen LogP contribution is -2.57. The van der Waals surface area contributed by atoms with Crippen molar-refractivity contribution in [3.63, 3.8) is 0 Å². The van der Waals surface area contributed by atoms with E-state index in [-0.39, 0.29) is 11.8 Å². The van der Waals surface area contributed by atoms with Gasteiger partial charge in [0.25, 0.3) is 0 Å². The molecular weight excluding hydrogens is 259 g/mol. The fourth-order valence-corrected chi connectivity index (χ4v) is 2.56. The highest BCUT2D eigenvalue weighted by atomic mass is 19.4. The number of amides is 1. The van der Waals surface area contributed by atoms with Gasteiger partial charge in [-0.15, -0.1) is 0 Å². The van der Waals surface area contributed by atoms with E-state index in [0.29, 0.717) is 32.5 Å². The fourth-order valence-electron chi connectivity index (χ4n) is 2.56. The van der Waals surface area contributed by atoms with Crippen molar-refractivity contribution in [3.05, 3.63) is 0 Å². The molecule has 19 heavy (non-hydrogen) atoms. The number of piperidine rings is 1. The minimum Gasteiger partial charge on any atom is -0.356 e. The van der Waals surface area contributed by atoms with Gasteiger partial charge in [0.2, 0.25) is 5.91 Å². The summed E-state index contributed by atoms with van der Waals surface area (Å²) in [6.45, 7) is 4.11. The summed E-state index contributed by atoms with van der Waals surface area (Å²) in [5.41, 5.74) is 5.47. The summed E-state index contributed by atoms with van der Waals surface area (Å²) < 4.78 is 38.8. The van der Waals surface area contributed by atoms with Crippen molar-refractivity contribution in [2.45, 2.75) is 44.9 Å². The number of nitrogens with zero attached hydrogens (tertiary/aromatic N) is 1. The Hall–Kier alpha value is -0.820. The van der Waals surface area contributed by atoms with Gasteiger partial charge in [0, 0.05) is 19.5 Å². The van der Waals surface area contributed by atoms with Crippen molar-refractivity contribution in [1.29, 1.82) is 0 Å². The number of hydrogen-bond donors (Lipinski definition) is 2. The van der Waals surface area contributed by atoms with Gasteiger partial charge in [0.05, 0.1) is 0 Å². The predicted molar refractivity (Wildman–Crippen MR) is 66.5 cm³/mol. The van der Waals surface area contributed by atoms with Gasteiger partial charge in [0.15, 0.2) is 0 Å². The SMILES string of the molecule is CC(=O)NCC1CCN(C(C(C)N)C(F)(F)F)CC1. The maximum atomic E-state index is 12.9. The molecule has 0 aromatic heterocycles. The van der Waals surface area contributed by atoms with Crippen LogP contribution in [0.3, 0.4) is 0 Å². The first-order valence-electron chi connectivity index (χ1n) is 6.52. The van der Waals surface area contributed by atoms with Crippen LogP contribution in [0.15, 0.2) is 0 Å². The maximum Gasteiger partial charge on any atom is 0.405 e. The first kappa shape index (κ1) is 16.2. The third-order valence-electron chi connectivity index (χ3n) is 3.52. The molecule has 7 heteroatoms. The lowest BCUT2D eigenvalue weighted by atomic mass is 9.94. The molecule has 1 amide bonds. The molecule has 0 radical (unpaired) electrons. The highest BCUT2D eigenvalue weighted by Gasteiger charge is 2.46. The third kappa shape index (κ3) is 4.99. The van der Waals surface area contributed by atoms with Gasteiger partial charge in [-0.2, -0.15) is 13.2 Å². The quantitative estimate of drug-likeness (QED) is 0.811. The Morgan fingerprint density at radius 3 is 2.32 bits per heavy atom. The molecule has 1 fully saturated rings. The lowest BCUT2D eigenvalue weighted by molar-refractivity contribution is -0.191. The smallest absolute Gasteiger partial charge is 0.356 e. The van der Waals surface area contributed by atoms with E-state index in [0.717, 1.165) is 0 Å². The summed E-state index contributed by atoms with van der Waals surface area (Å²) >= 11 is 0.